The minimum Gasteiger partial charge on any atom is -0.387 e. The van der Waals surface area contributed by atoms with Gasteiger partial charge >= 0.3 is 0 Å². The van der Waals surface area contributed by atoms with Crippen molar-refractivity contribution in [1.29, 1.82) is 0 Å². The molecule has 0 saturated carbocycles. The summed E-state index contributed by atoms with van der Waals surface area (Å²) in [5.41, 5.74) is 4.04. The number of nitrogens with zero attached hydrogens (tertiary/aromatic N) is 1. The number of hydrogen-bond donors (Lipinski definition) is 3. The number of carbonyl (C=O) groups excluding carboxylic acids is 1. The fourth-order valence-corrected chi connectivity index (χ4v) is 4.67. The van der Waals surface area contributed by atoms with Crippen LogP contribution in [0.5, 0.6) is 0 Å². The molecule has 0 aliphatic carbocycles. The Kier molecular flexibility index (Phi) is 5.74. The highest BCUT2D eigenvalue weighted by atomic mass is 32.2. The fraction of sp³-hybridized carbons (Fsp3) is 0.350. The Hall–Kier alpha value is -2.42. The number of nitrogens with one attached hydrogen (secondary N) is 2. The summed E-state index contributed by atoms with van der Waals surface area (Å²) in [6.07, 6.45) is -0.0252. The van der Waals surface area contributed by atoms with E-state index in [1.54, 1.807) is 13.0 Å². The number of aliphatic hydroxyl groups is 1. The Morgan fingerprint density at radius 3 is 2.68 bits per heavy atom. The molecule has 2 aromatic rings. The van der Waals surface area contributed by atoms with Gasteiger partial charge in [-0.25, -0.2) is 13.1 Å². The normalized spacial score (nSPS) is 14.6. The average Bonchev–Trinajstić information content (AvgIpc) is 2.99. The predicted octanol–water partition coefficient (Wildman–Crippen LogP) is 1.96. The quantitative estimate of drug-likeness (QED) is 0.685. The first kappa shape index (κ1) is 20.3. The molecule has 1 aliphatic rings. The summed E-state index contributed by atoms with van der Waals surface area (Å²) in [5.74, 6) is -0.225. The molecule has 3 rings (SSSR count). The second-order valence-corrected chi connectivity index (χ2v) is 8.82. The van der Waals surface area contributed by atoms with Gasteiger partial charge in [0.15, 0.2) is 0 Å². The van der Waals surface area contributed by atoms with Gasteiger partial charge in [-0.1, -0.05) is 12.1 Å². The first-order valence-electron chi connectivity index (χ1n) is 9.07. The molecule has 28 heavy (non-hydrogen) atoms. The standard InChI is InChI=1S/C20H25N3O4S/c1-13-10-17(22-14(2)24)5-7-20(13)28(26,27)21-12-19(25)16-4-6-18-15(11-16)8-9-23(18)3/h4-7,10-11,19,21,25H,8-9,12H2,1-3H3,(H,22,24). The number of hydrogen-bond acceptors (Lipinski definition) is 5. The van der Waals surface area contributed by atoms with E-state index in [0.717, 1.165) is 24.2 Å². The molecule has 0 spiro atoms. The van der Waals surface area contributed by atoms with Gasteiger partial charge in [-0.3, -0.25) is 4.79 Å². The zero-order valence-corrected chi connectivity index (χ0v) is 17.0. The third kappa shape index (κ3) is 4.35. The van der Waals surface area contributed by atoms with Gasteiger partial charge in [0.1, 0.15) is 0 Å². The number of sulfonamides is 1. The van der Waals surface area contributed by atoms with Crippen LogP contribution in [0.25, 0.3) is 0 Å². The molecule has 1 aliphatic heterocycles. The maximum Gasteiger partial charge on any atom is 0.240 e. The number of rotatable bonds is 6. The molecule has 7 nitrogen and oxygen atoms in total. The molecule has 2 aromatic carbocycles. The molecule has 1 amide bonds. The van der Waals surface area contributed by atoms with Crippen molar-refractivity contribution in [2.24, 2.45) is 0 Å². The Bertz CT molecular complexity index is 1000. The lowest BCUT2D eigenvalue weighted by atomic mass is 10.0. The van der Waals surface area contributed by atoms with E-state index in [4.69, 9.17) is 0 Å². The summed E-state index contributed by atoms with van der Waals surface area (Å²) in [7, 11) is -1.77. The van der Waals surface area contributed by atoms with Gasteiger partial charge in [-0.15, -0.1) is 0 Å². The molecule has 0 radical (unpaired) electrons. The van der Waals surface area contributed by atoms with Crippen molar-refractivity contribution in [3.63, 3.8) is 0 Å². The van der Waals surface area contributed by atoms with Gasteiger partial charge in [-0.05, 0) is 54.3 Å². The summed E-state index contributed by atoms with van der Waals surface area (Å²) in [5, 5.41) is 13.1. The van der Waals surface area contributed by atoms with Crippen molar-refractivity contribution in [3.8, 4) is 0 Å². The van der Waals surface area contributed by atoms with Gasteiger partial charge in [0.25, 0.3) is 0 Å². The van der Waals surface area contributed by atoms with Crippen molar-refractivity contribution in [1.82, 2.24) is 4.72 Å². The number of benzene rings is 2. The number of aryl methyl sites for hydroxylation is 1. The summed E-state index contributed by atoms with van der Waals surface area (Å²) in [4.78, 5) is 13.4. The number of fused-ring (bicyclic) bond motifs is 1. The molecular weight excluding hydrogens is 378 g/mol. The fourth-order valence-electron chi connectivity index (χ4n) is 3.41. The minimum atomic E-state index is -3.79. The molecule has 0 saturated heterocycles. The van der Waals surface area contributed by atoms with E-state index in [0.29, 0.717) is 16.8 Å². The third-order valence-corrected chi connectivity index (χ3v) is 6.45. The van der Waals surface area contributed by atoms with Crippen LogP contribution in [0.2, 0.25) is 0 Å². The number of anilines is 2. The van der Waals surface area contributed by atoms with E-state index in [1.807, 2.05) is 25.2 Å². The molecule has 1 atom stereocenters. The summed E-state index contributed by atoms with van der Waals surface area (Å²) in [6, 6.07) is 10.3. The van der Waals surface area contributed by atoms with Crippen molar-refractivity contribution in [3.05, 3.63) is 53.1 Å². The highest BCUT2D eigenvalue weighted by Crippen LogP contribution is 2.29. The molecule has 0 bridgehead atoms. The van der Waals surface area contributed by atoms with Gasteiger partial charge in [0, 0.05) is 38.4 Å². The third-order valence-electron chi connectivity index (χ3n) is 4.87. The topological polar surface area (TPSA) is 98.7 Å². The minimum absolute atomic E-state index is 0.115. The van der Waals surface area contributed by atoms with Gasteiger partial charge < -0.3 is 15.3 Å². The molecule has 8 heteroatoms. The van der Waals surface area contributed by atoms with Gasteiger partial charge in [0.05, 0.1) is 11.0 Å². The largest absolute Gasteiger partial charge is 0.387 e. The zero-order valence-electron chi connectivity index (χ0n) is 16.2. The van der Waals surface area contributed by atoms with Crippen molar-refractivity contribution in [2.75, 3.05) is 30.4 Å². The van der Waals surface area contributed by atoms with E-state index in [2.05, 4.69) is 14.9 Å². The van der Waals surface area contributed by atoms with Crippen LogP contribution in [0.4, 0.5) is 11.4 Å². The molecular formula is C20H25N3O4S. The average molecular weight is 404 g/mol. The lowest BCUT2D eigenvalue weighted by Gasteiger charge is -2.16. The zero-order chi connectivity index (χ0) is 20.5. The Morgan fingerprint density at radius 2 is 2.00 bits per heavy atom. The second kappa shape index (κ2) is 7.90. The number of aliphatic hydroxyl groups excluding tert-OH is 1. The molecule has 1 heterocycles. The van der Waals surface area contributed by atoms with Crippen molar-refractivity contribution < 1.29 is 18.3 Å². The van der Waals surface area contributed by atoms with Crippen LogP contribution >= 0.6 is 0 Å². The van der Waals surface area contributed by atoms with Crippen LogP contribution in [-0.4, -0.2) is 39.6 Å². The van der Waals surface area contributed by atoms with Crippen molar-refractivity contribution >= 4 is 27.3 Å². The molecule has 3 N–H and O–H groups in total. The number of amides is 1. The van der Waals surface area contributed by atoms with Crippen molar-refractivity contribution in [2.45, 2.75) is 31.3 Å². The van der Waals surface area contributed by atoms with Crippen LogP contribution < -0.4 is 14.9 Å². The van der Waals surface area contributed by atoms with Gasteiger partial charge in [-0.2, -0.15) is 0 Å². The van der Waals surface area contributed by atoms with Crippen LogP contribution in [0.1, 0.15) is 29.7 Å². The monoisotopic (exact) mass is 403 g/mol. The highest BCUT2D eigenvalue weighted by molar-refractivity contribution is 7.89. The summed E-state index contributed by atoms with van der Waals surface area (Å²) < 4.78 is 27.7. The Balaban J connectivity index is 1.70. The maximum absolute atomic E-state index is 12.6. The lowest BCUT2D eigenvalue weighted by Crippen LogP contribution is -2.29. The summed E-state index contributed by atoms with van der Waals surface area (Å²) in [6.45, 7) is 3.87. The molecule has 1 unspecified atom stereocenters. The number of likely N-dealkylation sites (N-methyl/N-ethyl adjacent to an activating group) is 1. The molecule has 0 fully saturated rings. The SMILES string of the molecule is CC(=O)Nc1ccc(S(=O)(=O)NCC(O)c2ccc3c(c2)CCN3C)c(C)c1. The molecule has 0 aromatic heterocycles. The smallest absolute Gasteiger partial charge is 0.240 e. The van der Waals surface area contributed by atoms with Gasteiger partial charge in [0.2, 0.25) is 15.9 Å². The Labute approximate surface area is 165 Å². The van der Waals surface area contributed by atoms with E-state index >= 15 is 0 Å². The first-order chi connectivity index (χ1) is 13.2. The maximum atomic E-state index is 12.6. The van der Waals surface area contributed by atoms with E-state index in [1.165, 1.54) is 19.1 Å². The summed E-state index contributed by atoms with van der Waals surface area (Å²) >= 11 is 0. The van der Waals surface area contributed by atoms with Crippen LogP contribution in [0, 0.1) is 6.92 Å². The molecule has 150 valence electrons. The van der Waals surface area contributed by atoms with E-state index in [9.17, 15) is 18.3 Å². The number of carbonyl (C=O) groups is 1. The highest BCUT2D eigenvalue weighted by Gasteiger charge is 2.21. The van der Waals surface area contributed by atoms with Crippen LogP contribution in [0.3, 0.4) is 0 Å². The Morgan fingerprint density at radius 1 is 1.25 bits per heavy atom. The predicted molar refractivity (Wildman–Crippen MR) is 109 cm³/mol. The second-order valence-electron chi connectivity index (χ2n) is 7.09. The van der Waals surface area contributed by atoms with E-state index < -0.39 is 16.1 Å². The van der Waals surface area contributed by atoms with Crippen LogP contribution in [0.15, 0.2) is 41.3 Å². The lowest BCUT2D eigenvalue weighted by molar-refractivity contribution is -0.114. The van der Waals surface area contributed by atoms with E-state index in [-0.39, 0.29) is 17.3 Å². The van der Waals surface area contributed by atoms with Crippen LogP contribution in [-0.2, 0) is 21.2 Å². The first-order valence-corrected chi connectivity index (χ1v) is 10.6.